The van der Waals surface area contributed by atoms with Gasteiger partial charge in [0.05, 0.1) is 11.5 Å². The van der Waals surface area contributed by atoms with E-state index in [1.165, 1.54) is 23.1 Å². The summed E-state index contributed by atoms with van der Waals surface area (Å²) in [4.78, 5) is 25.2. The van der Waals surface area contributed by atoms with Crippen LogP contribution in [-0.4, -0.2) is 20.8 Å². The van der Waals surface area contributed by atoms with Gasteiger partial charge >= 0.3 is 0 Å². The number of carbonyl (C=O) groups is 1. The summed E-state index contributed by atoms with van der Waals surface area (Å²) in [6.45, 7) is 0.0610. The van der Waals surface area contributed by atoms with Crippen molar-refractivity contribution in [2.45, 2.75) is 12.3 Å². The van der Waals surface area contributed by atoms with E-state index in [9.17, 15) is 20.0 Å². The highest BCUT2D eigenvalue weighted by Crippen LogP contribution is 2.41. The molecule has 142 valence electrons. The quantitative estimate of drug-likeness (QED) is 0.426. The Kier molecular flexibility index (Phi) is 4.59. The molecule has 1 N–H and O–H groups in total. The predicted octanol–water partition coefficient (Wildman–Crippen LogP) is 3.45. The van der Waals surface area contributed by atoms with Gasteiger partial charge in [-0.1, -0.05) is 66.6 Å². The fourth-order valence-electron chi connectivity index (χ4n) is 3.40. The van der Waals surface area contributed by atoms with Crippen LogP contribution >= 0.6 is 0 Å². The number of nitro groups is 1. The standard InChI is InChI=1S/C23H16N2O4/c26-22-21-19(12-7-13-20(21)25(28)29)23(27,15-14-17-8-3-1-4-9-17)24(22)16-18-10-5-2-6-11-18/h1-13,27H,16H2. The Bertz CT molecular complexity index is 1150. The van der Waals surface area contributed by atoms with Gasteiger partial charge in [0, 0.05) is 17.2 Å². The zero-order valence-electron chi connectivity index (χ0n) is 15.3. The summed E-state index contributed by atoms with van der Waals surface area (Å²) < 4.78 is 0. The molecule has 1 atom stereocenters. The molecule has 0 radical (unpaired) electrons. The van der Waals surface area contributed by atoms with Gasteiger partial charge in [0.1, 0.15) is 5.56 Å². The van der Waals surface area contributed by atoms with E-state index in [0.29, 0.717) is 5.56 Å². The van der Waals surface area contributed by atoms with Gasteiger partial charge in [-0.3, -0.25) is 19.8 Å². The Morgan fingerprint density at radius 3 is 2.28 bits per heavy atom. The second-order valence-corrected chi connectivity index (χ2v) is 6.62. The summed E-state index contributed by atoms with van der Waals surface area (Å²) in [5.74, 6) is 5.05. The summed E-state index contributed by atoms with van der Waals surface area (Å²) >= 11 is 0. The van der Waals surface area contributed by atoms with Gasteiger partial charge in [0.15, 0.2) is 0 Å². The van der Waals surface area contributed by atoms with Crippen molar-refractivity contribution >= 4 is 11.6 Å². The molecule has 1 aliphatic rings. The van der Waals surface area contributed by atoms with E-state index < -0.39 is 16.6 Å². The Morgan fingerprint density at radius 2 is 1.62 bits per heavy atom. The molecule has 1 heterocycles. The minimum atomic E-state index is -1.98. The zero-order valence-corrected chi connectivity index (χ0v) is 15.3. The minimum Gasteiger partial charge on any atom is -0.357 e. The molecule has 6 heteroatoms. The van der Waals surface area contributed by atoms with Crippen molar-refractivity contribution in [2.75, 3.05) is 0 Å². The first kappa shape index (κ1) is 18.4. The van der Waals surface area contributed by atoms with Gasteiger partial charge < -0.3 is 5.11 Å². The molecular weight excluding hydrogens is 368 g/mol. The van der Waals surface area contributed by atoms with E-state index in [0.717, 1.165) is 5.56 Å². The van der Waals surface area contributed by atoms with E-state index in [2.05, 4.69) is 11.8 Å². The summed E-state index contributed by atoms with van der Waals surface area (Å²) in [5.41, 5.74) is -0.898. The van der Waals surface area contributed by atoms with Crippen molar-refractivity contribution in [1.82, 2.24) is 4.90 Å². The van der Waals surface area contributed by atoms with Crippen LogP contribution in [0.25, 0.3) is 0 Å². The van der Waals surface area contributed by atoms with Crippen LogP contribution in [0.5, 0.6) is 0 Å². The fourth-order valence-corrected chi connectivity index (χ4v) is 3.40. The Morgan fingerprint density at radius 1 is 0.966 bits per heavy atom. The fraction of sp³-hybridized carbons (Fsp3) is 0.0870. The Hall–Kier alpha value is -3.95. The molecule has 29 heavy (non-hydrogen) atoms. The number of hydrogen-bond acceptors (Lipinski definition) is 4. The van der Waals surface area contributed by atoms with Crippen LogP contribution in [0.4, 0.5) is 5.69 Å². The lowest BCUT2D eigenvalue weighted by Crippen LogP contribution is -2.42. The van der Waals surface area contributed by atoms with E-state index in [4.69, 9.17) is 0 Å². The number of amides is 1. The van der Waals surface area contributed by atoms with Crippen molar-refractivity contribution < 1.29 is 14.8 Å². The largest absolute Gasteiger partial charge is 0.357 e. The number of aliphatic hydroxyl groups is 1. The maximum absolute atomic E-state index is 13.1. The molecule has 3 aromatic rings. The third-order valence-corrected chi connectivity index (χ3v) is 4.80. The molecule has 3 aromatic carbocycles. The molecule has 0 saturated heterocycles. The van der Waals surface area contributed by atoms with E-state index in [-0.39, 0.29) is 23.4 Å². The Balaban J connectivity index is 1.87. The molecule has 0 saturated carbocycles. The van der Waals surface area contributed by atoms with Gasteiger partial charge in [-0.25, -0.2) is 0 Å². The van der Waals surface area contributed by atoms with Gasteiger partial charge in [0.2, 0.25) is 5.72 Å². The molecule has 1 unspecified atom stereocenters. The molecule has 0 aromatic heterocycles. The van der Waals surface area contributed by atoms with Gasteiger partial charge in [-0.05, 0) is 23.6 Å². The summed E-state index contributed by atoms with van der Waals surface area (Å²) in [6.07, 6.45) is 0. The van der Waals surface area contributed by atoms with Crippen molar-refractivity contribution in [3.63, 3.8) is 0 Å². The number of nitro benzene ring substituents is 1. The maximum atomic E-state index is 13.1. The van der Waals surface area contributed by atoms with Crippen molar-refractivity contribution in [2.24, 2.45) is 0 Å². The molecule has 0 spiro atoms. The van der Waals surface area contributed by atoms with Crippen LogP contribution in [0.15, 0.2) is 78.9 Å². The number of nitrogens with zero attached hydrogens (tertiary/aromatic N) is 2. The van der Waals surface area contributed by atoms with Crippen LogP contribution in [0.3, 0.4) is 0 Å². The highest BCUT2D eigenvalue weighted by Gasteiger charge is 2.51. The second-order valence-electron chi connectivity index (χ2n) is 6.62. The third kappa shape index (κ3) is 3.24. The molecule has 0 aliphatic carbocycles. The van der Waals surface area contributed by atoms with Crippen molar-refractivity contribution in [3.05, 3.63) is 111 Å². The van der Waals surface area contributed by atoms with Crippen LogP contribution in [0.1, 0.15) is 27.0 Å². The molecule has 1 aliphatic heterocycles. The number of carbonyl (C=O) groups excluding carboxylic acids is 1. The minimum absolute atomic E-state index is 0.0610. The lowest BCUT2D eigenvalue weighted by Gasteiger charge is -2.29. The predicted molar refractivity (Wildman–Crippen MR) is 107 cm³/mol. The number of benzene rings is 3. The normalized spacial score (nSPS) is 17.4. The topological polar surface area (TPSA) is 83.7 Å². The number of fused-ring (bicyclic) bond motifs is 1. The van der Waals surface area contributed by atoms with Crippen LogP contribution in [0.2, 0.25) is 0 Å². The molecule has 1 amide bonds. The molecular formula is C23H16N2O4. The molecule has 0 fully saturated rings. The van der Waals surface area contributed by atoms with Gasteiger partial charge in [0.25, 0.3) is 11.6 Å². The summed E-state index contributed by atoms with van der Waals surface area (Å²) in [5, 5.41) is 23.0. The zero-order chi connectivity index (χ0) is 20.4. The Labute approximate surface area is 167 Å². The average Bonchev–Trinajstić information content (AvgIpc) is 2.96. The first-order chi connectivity index (χ1) is 14.0. The lowest BCUT2D eigenvalue weighted by molar-refractivity contribution is -0.385. The number of rotatable bonds is 3. The van der Waals surface area contributed by atoms with E-state index in [1.807, 2.05) is 48.5 Å². The van der Waals surface area contributed by atoms with Crippen LogP contribution < -0.4 is 0 Å². The molecule has 0 bridgehead atoms. The van der Waals surface area contributed by atoms with Gasteiger partial charge in [-0.2, -0.15) is 0 Å². The van der Waals surface area contributed by atoms with E-state index >= 15 is 0 Å². The van der Waals surface area contributed by atoms with E-state index in [1.54, 1.807) is 12.1 Å². The summed E-state index contributed by atoms with van der Waals surface area (Å²) in [7, 11) is 0. The highest BCUT2D eigenvalue weighted by molar-refractivity contribution is 6.04. The monoisotopic (exact) mass is 384 g/mol. The molecule has 6 nitrogen and oxygen atoms in total. The first-order valence-electron chi connectivity index (χ1n) is 8.95. The second kappa shape index (κ2) is 7.23. The molecule has 4 rings (SSSR count). The van der Waals surface area contributed by atoms with Crippen LogP contribution in [-0.2, 0) is 12.3 Å². The first-order valence-corrected chi connectivity index (χ1v) is 8.95. The SMILES string of the molecule is O=C1c2c([N+](=O)[O-])cccc2C(O)(C#Cc2ccccc2)N1Cc1ccccc1. The number of hydrogen-bond donors (Lipinski definition) is 1. The summed E-state index contributed by atoms with van der Waals surface area (Å²) in [6, 6.07) is 22.4. The van der Waals surface area contributed by atoms with Crippen molar-refractivity contribution in [1.29, 1.82) is 0 Å². The van der Waals surface area contributed by atoms with Crippen LogP contribution in [0, 0.1) is 22.0 Å². The smallest absolute Gasteiger partial charge is 0.282 e. The maximum Gasteiger partial charge on any atom is 0.282 e. The van der Waals surface area contributed by atoms with Crippen molar-refractivity contribution in [3.8, 4) is 11.8 Å². The average molecular weight is 384 g/mol. The van der Waals surface area contributed by atoms with Gasteiger partial charge in [-0.15, -0.1) is 0 Å². The highest BCUT2D eigenvalue weighted by atomic mass is 16.6. The lowest BCUT2D eigenvalue weighted by atomic mass is 9.99. The third-order valence-electron chi connectivity index (χ3n) is 4.80.